The van der Waals surface area contributed by atoms with Gasteiger partial charge in [-0.3, -0.25) is 4.68 Å². The number of hydrogen-bond donors (Lipinski definition) is 2. The third-order valence-electron chi connectivity index (χ3n) is 2.24. The number of hydrogen-bond acceptors (Lipinski definition) is 5. The topological polar surface area (TPSA) is 108 Å². The largest absolute Gasteiger partial charge is 0.396 e. The molecule has 98 valence electrons. The van der Waals surface area contributed by atoms with Crippen LogP contribution in [0.25, 0.3) is 0 Å². The molecule has 18 heavy (non-hydrogen) atoms. The third kappa shape index (κ3) is 2.87. The molecule has 2 heterocycles. The Hall–Kier alpha value is -1.87. The number of aromatic nitrogens is 4. The lowest BCUT2D eigenvalue weighted by atomic mass is 10.6. The predicted molar refractivity (Wildman–Crippen MR) is 65.0 cm³/mol. The molecule has 0 aliphatic heterocycles. The Balaban J connectivity index is 1.93. The van der Waals surface area contributed by atoms with Gasteiger partial charge in [0.1, 0.15) is 0 Å². The van der Waals surface area contributed by atoms with Gasteiger partial charge in [0.2, 0.25) is 0 Å². The molecular weight excluding hydrogens is 256 g/mol. The standard InChI is InChI=1S/C9H14N6O2S/c1-14-6-9(11-7-14)18(16,17)13-2-3-15-5-8(10)4-12-15/h4-7,13H,2-3,10H2,1H3. The van der Waals surface area contributed by atoms with Crippen molar-refractivity contribution >= 4 is 15.7 Å². The van der Waals surface area contributed by atoms with Gasteiger partial charge in [-0.25, -0.2) is 18.1 Å². The van der Waals surface area contributed by atoms with Crippen molar-refractivity contribution in [2.45, 2.75) is 11.6 Å². The van der Waals surface area contributed by atoms with Gasteiger partial charge in [-0.05, 0) is 0 Å². The van der Waals surface area contributed by atoms with Crippen molar-refractivity contribution in [1.29, 1.82) is 0 Å². The van der Waals surface area contributed by atoms with Crippen LogP contribution in [0.15, 0.2) is 29.9 Å². The van der Waals surface area contributed by atoms with Crippen LogP contribution in [0.4, 0.5) is 5.69 Å². The van der Waals surface area contributed by atoms with Crippen LogP contribution < -0.4 is 10.5 Å². The molecule has 0 aliphatic rings. The van der Waals surface area contributed by atoms with Crippen LogP contribution in [0.3, 0.4) is 0 Å². The zero-order chi connectivity index (χ0) is 13.2. The molecule has 0 atom stereocenters. The molecule has 2 aromatic heterocycles. The predicted octanol–water partition coefficient (Wildman–Crippen LogP) is -0.823. The second kappa shape index (κ2) is 4.78. The van der Waals surface area contributed by atoms with Gasteiger partial charge in [-0.1, -0.05) is 0 Å². The molecule has 0 saturated carbocycles. The normalized spacial score (nSPS) is 11.8. The summed E-state index contributed by atoms with van der Waals surface area (Å²) in [6, 6.07) is 0. The van der Waals surface area contributed by atoms with Crippen molar-refractivity contribution in [3.05, 3.63) is 24.9 Å². The zero-order valence-electron chi connectivity index (χ0n) is 9.81. The summed E-state index contributed by atoms with van der Waals surface area (Å²) in [4.78, 5) is 3.79. The van der Waals surface area contributed by atoms with Crippen LogP contribution in [-0.4, -0.2) is 34.3 Å². The van der Waals surface area contributed by atoms with Crippen LogP contribution in [-0.2, 0) is 23.6 Å². The minimum atomic E-state index is -3.56. The average molecular weight is 270 g/mol. The fourth-order valence-corrected chi connectivity index (χ4v) is 2.40. The van der Waals surface area contributed by atoms with E-state index in [0.29, 0.717) is 12.2 Å². The summed E-state index contributed by atoms with van der Waals surface area (Å²) in [5.74, 6) is 0. The maximum atomic E-state index is 11.8. The van der Waals surface area contributed by atoms with Crippen LogP contribution >= 0.6 is 0 Å². The van der Waals surface area contributed by atoms with Crippen molar-refractivity contribution in [3.63, 3.8) is 0 Å². The molecular formula is C9H14N6O2S. The maximum Gasteiger partial charge on any atom is 0.259 e. The summed E-state index contributed by atoms with van der Waals surface area (Å²) in [5.41, 5.74) is 6.04. The first kappa shape index (κ1) is 12.6. The summed E-state index contributed by atoms with van der Waals surface area (Å²) >= 11 is 0. The molecule has 0 saturated heterocycles. The van der Waals surface area contributed by atoms with E-state index in [1.54, 1.807) is 22.5 Å². The molecule has 2 rings (SSSR count). The zero-order valence-corrected chi connectivity index (χ0v) is 10.6. The quantitative estimate of drug-likeness (QED) is 0.738. The minimum absolute atomic E-state index is 0.00461. The summed E-state index contributed by atoms with van der Waals surface area (Å²) in [5, 5.41) is 3.95. The first-order chi connectivity index (χ1) is 8.47. The van der Waals surface area contributed by atoms with Crippen LogP contribution in [0, 0.1) is 0 Å². The van der Waals surface area contributed by atoms with E-state index in [1.807, 2.05) is 0 Å². The first-order valence-corrected chi connectivity index (χ1v) is 6.71. The van der Waals surface area contributed by atoms with Gasteiger partial charge in [-0.15, -0.1) is 0 Å². The van der Waals surface area contributed by atoms with Gasteiger partial charge in [0, 0.05) is 26.0 Å². The molecule has 0 fully saturated rings. The lowest BCUT2D eigenvalue weighted by Gasteiger charge is -2.04. The Morgan fingerprint density at radius 1 is 1.44 bits per heavy atom. The number of nitrogens with one attached hydrogen (secondary N) is 1. The van der Waals surface area contributed by atoms with Crippen molar-refractivity contribution < 1.29 is 8.42 Å². The maximum absolute atomic E-state index is 11.8. The highest BCUT2D eigenvalue weighted by Crippen LogP contribution is 2.03. The highest BCUT2D eigenvalue weighted by Gasteiger charge is 2.15. The van der Waals surface area contributed by atoms with E-state index in [1.165, 1.54) is 18.7 Å². The second-order valence-electron chi connectivity index (χ2n) is 3.81. The molecule has 0 bridgehead atoms. The monoisotopic (exact) mass is 270 g/mol. The Morgan fingerprint density at radius 3 is 2.78 bits per heavy atom. The van der Waals surface area contributed by atoms with Crippen LogP contribution in [0.5, 0.6) is 0 Å². The second-order valence-corrected chi connectivity index (χ2v) is 5.53. The van der Waals surface area contributed by atoms with Gasteiger partial charge in [-0.2, -0.15) is 5.10 Å². The Labute approximate surface area is 104 Å². The van der Waals surface area contributed by atoms with E-state index in [-0.39, 0.29) is 11.6 Å². The molecule has 0 spiro atoms. The van der Waals surface area contributed by atoms with E-state index >= 15 is 0 Å². The smallest absolute Gasteiger partial charge is 0.259 e. The molecule has 0 radical (unpaired) electrons. The van der Waals surface area contributed by atoms with E-state index in [2.05, 4.69) is 14.8 Å². The Bertz CT molecular complexity index is 629. The SMILES string of the molecule is Cn1cnc(S(=O)(=O)NCCn2cc(N)cn2)c1. The number of nitrogens with zero attached hydrogens (tertiary/aromatic N) is 4. The molecule has 0 aliphatic carbocycles. The number of rotatable bonds is 5. The number of nitrogen functional groups attached to an aromatic ring is 1. The Morgan fingerprint density at radius 2 is 2.22 bits per heavy atom. The van der Waals surface area contributed by atoms with Crippen molar-refractivity contribution in [2.24, 2.45) is 7.05 Å². The van der Waals surface area contributed by atoms with E-state index in [4.69, 9.17) is 5.73 Å². The lowest BCUT2D eigenvalue weighted by molar-refractivity contribution is 0.558. The summed E-state index contributed by atoms with van der Waals surface area (Å²) in [6.45, 7) is 0.628. The van der Waals surface area contributed by atoms with E-state index in [0.717, 1.165) is 0 Å². The van der Waals surface area contributed by atoms with Crippen LogP contribution in [0.1, 0.15) is 0 Å². The van der Waals surface area contributed by atoms with Gasteiger partial charge >= 0.3 is 0 Å². The highest BCUT2D eigenvalue weighted by molar-refractivity contribution is 7.89. The summed E-state index contributed by atoms with van der Waals surface area (Å²) in [7, 11) is -1.85. The fourth-order valence-electron chi connectivity index (χ4n) is 1.40. The van der Waals surface area contributed by atoms with Crippen molar-refractivity contribution in [3.8, 4) is 0 Å². The van der Waals surface area contributed by atoms with Crippen molar-refractivity contribution in [1.82, 2.24) is 24.1 Å². The molecule has 2 aromatic rings. The number of aryl methyl sites for hydroxylation is 1. The van der Waals surface area contributed by atoms with Crippen LogP contribution in [0.2, 0.25) is 0 Å². The van der Waals surface area contributed by atoms with Gasteiger partial charge in [0.05, 0.1) is 24.8 Å². The fraction of sp³-hybridized carbons (Fsp3) is 0.333. The average Bonchev–Trinajstić information content (AvgIpc) is 2.88. The highest BCUT2D eigenvalue weighted by atomic mass is 32.2. The van der Waals surface area contributed by atoms with E-state index in [9.17, 15) is 8.42 Å². The first-order valence-electron chi connectivity index (χ1n) is 5.23. The Kier molecular flexibility index (Phi) is 3.34. The summed E-state index contributed by atoms with van der Waals surface area (Å²) in [6.07, 6.45) is 6.01. The van der Waals surface area contributed by atoms with Gasteiger partial charge in [0.25, 0.3) is 10.0 Å². The number of imidazole rings is 1. The molecule has 3 N–H and O–H groups in total. The number of anilines is 1. The third-order valence-corrected chi connectivity index (χ3v) is 3.59. The van der Waals surface area contributed by atoms with E-state index < -0.39 is 10.0 Å². The molecule has 0 aromatic carbocycles. The van der Waals surface area contributed by atoms with Gasteiger partial charge in [0.15, 0.2) is 5.03 Å². The molecule has 0 amide bonds. The van der Waals surface area contributed by atoms with Crippen molar-refractivity contribution in [2.75, 3.05) is 12.3 Å². The molecule has 0 unspecified atom stereocenters. The number of sulfonamides is 1. The summed E-state index contributed by atoms with van der Waals surface area (Å²) < 4.78 is 29.2. The lowest BCUT2D eigenvalue weighted by Crippen LogP contribution is -2.27. The molecule has 9 heteroatoms. The molecule has 8 nitrogen and oxygen atoms in total. The minimum Gasteiger partial charge on any atom is -0.396 e. The number of nitrogens with two attached hydrogens (primary N) is 1. The van der Waals surface area contributed by atoms with Gasteiger partial charge < -0.3 is 10.3 Å².